The Morgan fingerprint density at radius 3 is 2.68 bits per heavy atom. The molecule has 6 nitrogen and oxygen atoms in total. The lowest BCUT2D eigenvalue weighted by Crippen LogP contribution is -2.47. The van der Waals surface area contributed by atoms with Gasteiger partial charge in [0.05, 0.1) is 30.2 Å². The second kappa shape index (κ2) is 7.61. The van der Waals surface area contributed by atoms with Crippen LogP contribution in [0.2, 0.25) is 5.02 Å². The van der Waals surface area contributed by atoms with Crippen molar-refractivity contribution >= 4 is 21.6 Å². The van der Waals surface area contributed by atoms with Gasteiger partial charge in [0.2, 0.25) is 10.0 Å². The molecule has 0 amide bonds. The van der Waals surface area contributed by atoms with Crippen LogP contribution in [0.15, 0.2) is 23.1 Å². The molecule has 0 radical (unpaired) electrons. The van der Waals surface area contributed by atoms with Crippen LogP contribution in [0.4, 0.5) is 0 Å². The fraction of sp³-hybridized carbons (Fsp3) is 0.571. The fourth-order valence-electron chi connectivity index (χ4n) is 2.28. The Balaban J connectivity index is 1.99. The number of halogens is 1. The van der Waals surface area contributed by atoms with Gasteiger partial charge in [-0.15, -0.1) is 0 Å². The van der Waals surface area contributed by atoms with Gasteiger partial charge in [0, 0.05) is 25.7 Å². The minimum absolute atomic E-state index is 0.104. The van der Waals surface area contributed by atoms with E-state index in [2.05, 4.69) is 9.62 Å². The molecule has 0 saturated carbocycles. The topological polar surface area (TPSA) is 67.9 Å². The van der Waals surface area contributed by atoms with E-state index in [4.69, 9.17) is 21.1 Å². The van der Waals surface area contributed by atoms with Crippen LogP contribution in [0.25, 0.3) is 0 Å². The molecule has 1 aromatic rings. The summed E-state index contributed by atoms with van der Waals surface area (Å²) in [6, 6.07) is 4.52. The number of sulfonamides is 1. The minimum Gasteiger partial charge on any atom is -0.495 e. The lowest BCUT2D eigenvalue weighted by Gasteiger charge is -2.32. The number of hydrogen-bond acceptors (Lipinski definition) is 5. The summed E-state index contributed by atoms with van der Waals surface area (Å²) in [6.07, 6.45) is 0. The Morgan fingerprint density at radius 2 is 2.09 bits per heavy atom. The predicted octanol–water partition coefficient (Wildman–Crippen LogP) is 1.35. The van der Waals surface area contributed by atoms with Crippen LogP contribution >= 0.6 is 11.6 Å². The smallest absolute Gasteiger partial charge is 0.240 e. The van der Waals surface area contributed by atoms with Crippen molar-refractivity contribution in [3.63, 3.8) is 0 Å². The minimum atomic E-state index is -3.59. The van der Waals surface area contributed by atoms with Crippen LogP contribution in [0.3, 0.4) is 0 Å². The molecule has 0 bridgehead atoms. The van der Waals surface area contributed by atoms with E-state index >= 15 is 0 Å². The van der Waals surface area contributed by atoms with Crippen molar-refractivity contribution in [2.24, 2.45) is 0 Å². The molecular formula is C14H21ClN2O4S. The summed E-state index contributed by atoms with van der Waals surface area (Å²) in [4.78, 5) is 2.33. The van der Waals surface area contributed by atoms with E-state index in [0.717, 1.165) is 13.1 Å². The predicted molar refractivity (Wildman–Crippen MR) is 85.0 cm³/mol. The van der Waals surface area contributed by atoms with Crippen molar-refractivity contribution in [3.8, 4) is 5.75 Å². The summed E-state index contributed by atoms with van der Waals surface area (Å²) in [6.45, 7) is 5.34. The number of nitrogens with one attached hydrogen (secondary N) is 1. The molecular weight excluding hydrogens is 328 g/mol. The quantitative estimate of drug-likeness (QED) is 0.840. The van der Waals surface area contributed by atoms with Crippen LogP contribution < -0.4 is 9.46 Å². The maximum atomic E-state index is 12.3. The van der Waals surface area contributed by atoms with Crippen molar-refractivity contribution < 1.29 is 17.9 Å². The van der Waals surface area contributed by atoms with Crippen LogP contribution in [0, 0.1) is 0 Å². The third kappa shape index (κ3) is 4.33. The van der Waals surface area contributed by atoms with Crippen molar-refractivity contribution in [3.05, 3.63) is 23.2 Å². The van der Waals surface area contributed by atoms with Crippen molar-refractivity contribution in [1.82, 2.24) is 9.62 Å². The van der Waals surface area contributed by atoms with Crippen LogP contribution in [-0.2, 0) is 14.8 Å². The molecule has 0 spiro atoms. The molecule has 8 heteroatoms. The first-order valence-electron chi connectivity index (χ1n) is 7.09. The molecule has 2 rings (SSSR count). The number of hydrogen-bond donors (Lipinski definition) is 1. The van der Waals surface area contributed by atoms with Gasteiger partial charge in [-0.05, 0) is 25.1 Å². The second-order valence-corrected chi connectivity index (χ2v) is 7.32. The standard InChI is InChI=1S/C14H21ClN2O4S/c1-11(17-5-7-21-8-6-17)10-16-22(18,19)12-3-4-14(20-2)13(15)9-12/h3-4,9,11,16H,5-8,10H2,1-2H3/t11-/m1/s1. The van der Waals surface area contributed by atoms with E-state index in [1.54, 1.807) is 6.07 Å². The number of methoxy groups -OCH3 is 1. The van der Waals surface area contributed by atoms with Gasteiger partial charge in [-0.25, -0.2) is 13.1 Å². The van der Waals surface area contributed by atoms with E-state index < -0.39 is 10.0 Å². The van der Waals surface area contributed by atoms with Gasteiger partial charge in [-0.3, -0.25) is 4.90 Å². The van der Waals surface area contributed by atoms with Gasteiger partial charge in [0.15, 0.2) is 0 Å². The lowest BCUT2D eigenvalue weighted by atomic mass is 10.2. The highest BCUT2D eigenvalue weighted by Gasteiger charge is 2.21. The molecule has 1 atom stereocenters. The van der Waals surface area contributed by atoms with E-state index in [1.807, 2.05) is 6.92 Å². The first-order chi connectivity index (χ1) is 10.4. The number of ether oxygens (including phenoxy) is 2. The molecule has 1 N–H and O–H groups in total. The van der Waals surface area contributed by atoms with E-state index in [0.29, 0.717) is 25.5 Å². The molecule has 0 aliphatic carbocycles. The van der Waals surface area contributed by atoms with E-state index in [-0.39, 0.29) is 16.0 Å². The Labute approximate surface area is 136 Å². The summed E-state index contributed by atoms with van der Waals surface area (Å²) in [5.41, 5.74) is 0. The van der Waals surface area contributed by atoms with Gasteiger partial charge in [-0.1, -0.05) is 11.6 Å². The molecule has 1 heterocycles. The Kier molecular flexibility index (Phi) is 6.05. The third-order valence-corrected chi connectivity index (χ3v) is 5.39. The first kappa shape index (κ1) is 17.5. The molecule has 1 aliphatic rings. The normalized spacial score (nSPS) is 18.1. The van der Waals surface area contributed by atoms with Gasteiger partial charge >= 0.3 is 0 Å². The monoisotopic (exact) mass is 348 g/mol. The largest absolute Gasteiger partial charge is 0.495 e. The molecule has 22 heavy (non-hydrogen) atoms. The summed E-state index contributed by atoms with van der Waals surface area (Å²) < 4.78 is 37.6. The van der Waals surface area contributed by atoms with Crippen LogP contribution in [0.5, 0.6) is 5.75 Å². The Bertz CT molecular complexity index is 603. The van der Waals surface area contributed by atoms with Gasteiger partial charge in [-0.2, -0.15) is 0 Å². The average Bonchev–Trinajstić information content (AvgIpc) is 2.53. The van der Waals surface area contributed by atoms with Crippen LogP contribution in [-0.4, -0.2) is 59.3 Å². The fourth-order valence-corrected chi connectivity index (χ4v) is 3.75. The average molecular weight is 349 g/mol. The number of rotatable bonds is 6. The zero-order chi connectivity index (χ0) is 16.2. The SMILES string of the molecule is COc1ccc(S(=O)(=O)NC[C@@H](C)N2CCOCC2)cc1Cl. The van der Waals surface area contributed by atoms with Gasteiger partial charge in [0.25, 0.3) is 0 Å². The highest BCUT2D eigenvalue weighted by Crippen LogP contribution is 2.26. The molecule has 0 unspecified atom stereocenters. The van der Waals surface area contributed by atoms with Crippen molar-refractivity contribution in [1.29, 1.82) is 0 Å². The lowest BCUT2D eigenvalue weighted by molar-refractivity contribution is 0.0213. The molecule has 1 fully saturated rings. The second-order valence-electron chi connectivity index (χ2n) is 5.15. The molecule has 0 aromatic heterocycles. The maximum absolute atomic E-state index is 12.3. The van der Waals surface area contributed by atoms with Crippen molar-refractivity contribution in [2.45, 2.75) is 17.9 Å². The van der Waals surface area contributed by atoms with Gasteiger partial charge in [0.1, 0.15) is 5.75 Å². The number of nitrogens with zero attached hydrogens (tertiary/aromatic N) is 1. The van der Waals surface area contributed by atoms with E-state index in [9.17, 15) is 8.42 Å². The highest BCUT2D eigenvalue weighted by molar-refractivity contribution is 7.89. The zero-order valence-corrected chi connectivity index (χ0v) is 14.3. The first-order valence-corrected chi connectivity index (χ1v) is 8.95. The summed E-state index contributed by atoms with van der Waals surface area (Å²) in [5.74, 6) is 0.447. The molecule has 1 aromatic carbocycles. The highest BCUT2D eigenvalue weighted by atomic mass is 35.5. The molecule has 1 aliphatic heterocycles. The maximum Gasteiger partial charge on any atom is 0.240 e. The summed E-state index contributed by atoms with van der Waals surface area (Å²) in [7, 11) is -2.11. The molecule has 124 valence electrons. The zero-order valence-electron chi connectivity index (χ0n) is 12.7. The summed E-state index contributed by atoms with van der Waals surface area (Å²) >= 11 is 5.98. The van der Waals surface area contributed by atoms with Crippen LogP contribution in [0.1, 0.15) is 6.92 Å². The summed E-state index contributed by atoms with van der Waals surface area (Å²) in [5, 5.41) is 0.270. The Hall–Kier alpha value is -0.860. The molecule has 1 saturated heterocycles. The number of morpholine rings is 1. The van der Waals surface area contributed by atoms with Gasteiger partial charge < -0.3 is 9.47 Å². The number of benzene rings is 1. The van der Waals surface area contributed by atoms with E-state index in [1.165, 1.54) is 19.2 Å². The van der Waals surface area contributed by atoms with Crippen molar-refractivity contribution in [2.75, 3.05) is 40.0 Å². The Morgan fingerprint density at radius 1 is 1.41 bits per heavy atom. The third-order valence-electron chi connectivity index (χ3n) is 3.67.